The quantitative estimate of drug-likeness (QED) is 0.232. The Morgan fingerprint density at radius 1 is 1.04 bits per heavy atom. The Balaban J connectivity index is 1.22. The average molecular weight is 803 g/mol. The molecule has 56 heavy (non-hydrogen) atoms. The first-order valence-electron chi connectivity index (χ1n) is 19.8. The number of benzene rings is 2. The number of rotatable bonds is 8. The monoisotopic (exact) mass is 802 g/mol. The molecule has 3 aromatic rings. The Bertz CT molecular complexity index is 2120. The molecule has 4 aliphatic rings. The van der Waals surface area contributed by atoms with Crippen molar-refractivity contribution in [2.24, 2.45) is 17.3 Å². The molecular weight excluding hydrogens is 753 g/mol. The van der Waals surface area contributed by atoms with Crippen molar-refractivity contribution in [1.82, 2.24) is 19.2 Å². The minimum Gasteiger partial charge on any atom is -0.459 e. The zero-order valence-electron chi connectivity index (χ0n) is 32.0. The molecule has 5 atom stereocenters. The molecule has 2 aromatic carbocycles. The molecule has 1 N–H and O–H groups in total. The molecule has 304 valence electrons. The highest BCUT2D eigenvalue weighted by Gasteiger charge is 2.63. The molecule has 15 heteroatoms. The van der Waals surface area contributed by atoms with Crippen molar-refractivity contribution in [2.75, 3.05) is 6.54 Å². The minimum absolute atomic E-state index is 0.0242. The van der Waals surface area contributed by atoms with Crippen LogP contribution in [0.25, 0.3) is 11.0 Å². The first-order chi connectivity index (χ1) is 26.4. The van der Waals surface area contributed by atoms with Crippen LogP contribution in [0.5, 0.6) is 6.01 Å². The van der Waals surface area contributed by atoms with E-state index in [1.165, 1.54) is 4.90 Å². The Labute approximate surface area is 324 Å². The third kappa shape index (κ3) is 8.06. The highest BCUT2D eigenvalue weighted by Crippen LogP contribution is 2.59. The van der Waals surface area contributed by atoms with Gasteiger partial charge in [0.2, 0.25) is 21.8 Å². The summed E-state index contributed by atoms with van der Waals surface area (Å²) in [7, 11) is -3.98. The van der Waals surface area contributed by atoms with Crippen molar-refractivity contribution in [3.05, 3.63) is 59.4 Å². The second-order valence-corrected chi connectivity index (χ2v) is 19.2. The molecule has 3 heterocycles. The average Bonchev–Trinajstić information content (AvgIpc) is 3.94. The summed E-state index contributed by atoms with van der Waals surface area (Å²) in [5, 5.41) is 0. The smallest absolute Gasteiger partial charge is 0.416 e. The number of Topliss-reactive ketones (excluding diaryl/α,β-unsaturated/α-hetero) is 1. The van der Waals surface area contributed by atoms with E-state index in [2.05, 4.69) is 4.72 Å². The second kappa shape index (κ2) is 15.1. The highest BCUT2D eigenvalue weighted by atomic mass is 32.2. The van der Waals surface area contributed by atoms with Gasteiger partial charge in [0.15, 0.2) is 5.78 Å². The summed E-state index contributed by atoms with van der Waals surface area (Å²) in [5.74, 6) is -3.69. The molecule has 2 saturated heterocycles. The first-order valence-corrected chi connectivity index (χ1v) is 21.3. The molecular formula is C41H50F4N4O6S. The summed E-state index contributed by atoms with van der Waals surface area (Å²) in [4.78, 5) is 49.4. The number of fused-ring (bicyclic) bond motifs is 3. The van der Waals surface area contributed by atoms with Gasteiger partial charge in [0.05, 0.1) is 39.3 Å². The van der Waals surface area contributed by atoms with Gasteiger partial charge in [-0.1, -0.05) is 44.2 Å². The van der Waals surface area contributed by atoms with Gasteiger partial charge in [-0.05, 0) is 101 Å². The lowest BCUT2D eigenvalue weighted by molar-refractivity contribution is -0.142. The summed E-state index contributed by atoms with van der Waals surface area (Å²) in [6.07, 6.45) is 0.0507. The maximum Gasteiger partial charge on any atom is 0.416 e. The number of hydrogen-bond acceptors (Lipinski definition) is 7. The van der Waals surface area contributed by atoms with Crippen LogP contribution in [0.15, 0.2) is 42.5 Å². The number of sulfonamides is 1. The number of carbonyl (C=O) groups is 3. The number of ether oxygens (including phenoxy) is 1. The number of hydrogen-bond donors (Lipinski definition) is 1. The number of imidazole rings is 1. The fourth-order valence-electron chi connectivity index (χ4n) is 8.82. The number of amides is 2. The van der Waals surface area contributed by atoms with Crippen LogP contribution in [0.4, 0.5) is 17.6 Å². The van der Waals surface area contributed by atoms with Crippen LogP contribution in [-0.4, -0.2) is 63.9 Å². The molecule has 10 nitrogen and oxygen atoms in total. The van der Waals surface area contributed by atoms with Crippen molar-refractivity contribution < 1.29 is 45.1 Å². The van der Waals surface area contributed by atoms with Crippen LogP contribution in [0.1, 0.15) is 115 Å². The van der Waals surface area contributed by atoms with Crippen molar-refractivity contribution in [1.29, 1.82) is 0 Å². The van der Waals surface area contributed by atoms with Crippen LogP contribution >= 0.6 is 0 Å². The van der Waals surface area contributed by atoms with Crippen LogP contribution in [-0.2, 0) is 37.0 Å². The van der Waals surface area contributed by atoms with Crippen LogP contribution in [0.2, 0.25) is 0 Å². The number of para-hydroxylation sites is 2. The Morgan fingerprint density at radius 3 is 2.43 bits per heavy atom. The summed E-state index contributed by atoms with van der Waals surface area (Å²) in [6, 6.07) is 9.03. The number of nitrogens with one attached hydrogen (secondary N) is 1. The topological polar surface area (TPSA) is 128 Å². The zero-order valence-corrected chi connectivity index (χ0v) is 32.9. The standard InChI is InChI=1S/C41H50F4N4O6S/c1-25(2)49-33-14-10-9-13-32(33)46-38(49)55-31-21-34-35(50)23-40(37(52)47-56(53,54)39(3)15-16-39)22-28(40)12-8-6-4-5-7-11-27(36(51)48(34)24-31)17-26-18-29(41(43,44)45)20-30(42)19-26/h9-10,13-14,18-20,25,27-28,31,34H,4-8,11-12,15-17,21-24H2,1-3H3,(H,47,52)/t27-,28-,31-,34+,40-/m1/s1. The van der Waals surface area contributed by atoms with Crippen molar-refractivity contribution in [3.63, 3.8) is 0 Å². The maximum absolute atomic E-state index is 14.7. The number of halogens is 4. The van der Waals surface area contributed by atoms with Gasteiger partial charge in [0, 0.05) is 24.8 Å². The fourth-order valence-corrected chi connectivity index (χ4v) is 10.1. The van der Waals surface area contributed by atoms with E-state index in [1.54, 1.807) is 6.92 Å². The summed E-state index contributed by atoms with van der Waals surface area (Å²) >= 11 is 0. The molecule has 7 rings (SSSR count). The number of ketones is 1. The SMILES string of the molecule is CC(C)n1c(O[C@@H]2C[C@H]3C(=O)C[C@]4(C(=O)NS(=O)(=O)C5(C)CC5)C[C@H]4CCCCCCC[C@H](Cc4cc(F)cc(C(F)(F)F)c4)C(=O)N3C2)nc2ccccc21. The summed E-state index contributed by atoms with van der Waals surface area (Å²) in [6.45, 7) is 5.52. The number of alkyl halides is 3. The predicted molar refractivity (Wildman–Crippen MR) is 200 cm³/mol. The lowest BCUT2D eigenvalue weighted by Crippen LogP contribution is -2.47. The Hall–Kier alpha value is -4.01. The fraction of sp³-hybridized carbons (Fsp3) is 0.610. The lowest BCUT2D eigenvalue weighted by Gasteiger charge is -2.29. The molecule has 2 amide bonds. The van der Waals surface area contributed by atoms with Gasteiger partial charge in [-0.3, -0.25) is 23.7 Å². The van der Waals surface area contributed by atoms with Gasteiger partial charge in [-0.15, -0.1) is 0 Å². The maximum atomic E-state index is 14.7. The highest BCUT2D eigenvalue weighted by molar-refractivity contribution is 7.91. The van der Waals surface area contributed by atoms with Gasteiger partial charge < -0.3 is 9.64 Å². The van der Waals surface area contributed by atoms with E-state index >= 15 is 0 Å². The van der Waals surface area contributed by atoms with E-state index < -0.39 is 73.4 Å². The van der Waals surface area contributed by atoms with Crippen LogP contribution < -0.4 is 9.46 Å². The van der Waals surface area contributed by atoms with Gasteiger partial charge in [0.1, 0.15) is 11.9 Å². The van der Waals surface area contributed by atoms with Crippen molar-refractivity contribution in [3.8, 4) is 6.01 Å². The minimum atomic E-state index is -4.79. The van der Waals surface area contributed by atoms with Gasteiger partial charge in [-0.25, -0.2) is 12.8 Å². The van der Waals surface area contributed by atoms with Crippen LogP contribution in [0, 0.1) is 23.1 Å². The van der Waals surface area contributed by atoms with Gasteiger partial charge >= 0.3 is 6.18 Å². The van der Waals surface area contributed by atoms with Gasteiger partial charge in [-0.2, -0.15) is 18.2 Å². The van der Waals surface area contributed by atoms with Crippen molar-refractivity contribution >= 4 is 38.7 Å². The number of aromatic nitrogens is 2. The molecule has 2 aliphatic heterocycles. The van der Waals surface area contributed by atoms with E-state index in [9.17, 15) is 40.4 Å². The van der Waals surface area contributed by atoms with E-state index in [0.717, 1.165) is 43.3 Å². The second-order valence-electron chi connectivity index (χ2n) is 17.0. The van der Waals surface area contributed by atoms with Crippen LogP contribution in [0.3, 0.4) is 0 Å². The molecule has 0 radical (unpaired) electrons. The molecule has 0 unspecified atom stereocenters. The third-order valence-corrected chi connectivity index (χ3v) is 14.7. The summed E-state index contributed by atoms with van der Waals surface area (Å²) < 4.78 is 91.8. The molecule has 1 aromatic heterocycles. The largest absolute Gasteiger partial charge is 0.459 e. The van der Waals surface area contributed by atoms with E-state index in [0.29, 0.717) is 56.1 Å². The molecule has 2 saturated carbocycles. The summed E-state index contributed by atoms with van der Waals surface area (Å²) in [5.41, 5.74) is -0.825. The third-order valence-electron chi connectivity index (χ3n) is 12.5. The number of nitrogens with zero attached hydrogens (tertiary/aromatic N) is 3. The van der Waals surface area contributed by atoms with E-state index in [-0.39, 0.29) is 43.3 Å². The molecule has 4 fully saturated rings. The van der Waals surface area contributed by atoms with E-state index in [4.69, 9.17) is 9.72 Å². The van der Waals surface area contributed by atoms with E-state index in [1.807, 2.05) is 42.7 Å². The Kier molecular flexibility index (Phi) is 10.8. The Morgan fingerprint density at radius 2 is 1.73 bits per heavy atom. The normalized spacial score (nSPS) is 27.3. The molecule has 2 aliphatic carbocycles. The number of carbonyl (C=O) groups excluding carboxylic acids is 3. The lowest BCUT2D eigenvalue weighted by atomic mass is 9.89. The molecule has 0 bridgehead atoms. The molecule has 0 spiro atoms. The van der Waals surface area contributed by atoms with Crippen molar-refractivity contribution in [2.45, 2.75) is 133 Å². The predicted octanol–water partition coefficient (Wildman–Crippen LogP) is 7.69. The first kappa shape index (κ1) is 40.2. The zero-order chi connectivity index (χ0) is 40.2. The van der Waals surface area contributed by atoms with Gasteiger partial charge in [0.25, 0.3) is 6.01 Å².